The van der Waals surface area contributed by atoms with E-state index in [1.807, 2.05) is 0 Å². The number of esters is 1. The molecule has 0 bridgehead atoms. The molecular weight excluding hydrogens is 865 g/mol. The highest BCUT2D eigenvalue weighted by molar-refractivity contribution is 6.04. The normalized spacial score (nSPS) is 12.5. The number of hydrogen-bond donors (Lipinski definition) is 0. The molecule has 0 atom stereocenters. The number of carbonyl (C=O) groups excluding carboxylic acids is 1. The van der Waals surface area contributed by atoms with Crippen molar-refractivity contribution in [3.8, 4) is 44.9 Å². The summed E-state index contributed by atoms with van der Waals surface area (Å²) in [7, 11) is 0. The van der Waals surface area contributed by atoms with Crippen LogP contribution in [0.1, 0.15) is 78.4 Å². The highest BCUT2D eigenvalue weighted by Crippen LogP contribution is 2.43. The first-order valence-corrected chi connectivity index (χ1v) is 25.7. The molecular formula is C62H72N4O4+2. The van der Waals surface area contributed by atoms with Crippen LogP contribution in [-0.2, 0) is 9.53 Å². The summed E-state index contributed by atoms with van der Waals surface area (Å²) in [4.78, 5) is 16.7. The summed E-state index contributed by atoms with van der Waals surface area (Å²) >= 11 is 0. The number of ether oxygens (including phenoxy) is 1. The van der Waals surface area contributed by atoms with Crippen LogP contribution in [0.15, 0.2) is 142 Å². The Morgan fingerprint density at radius 3 is 1.44 bits per heavy atom. The number of unbranched alkanes of at least 4 members (excludes halogenated alkanes) is 3. The summed E-state index contributed by atoms with van der Waals surface area (Å²) in [5.41, 5.74) is 13.9. The first-order valence-electron chi connectivity index (χ1n) is 25.7. The highest BCUT2D eigenvalue weighted by atomic mass is 16.5. The summed E-state index contributed by atoms with van der Waals surface area (Å²) in [6.07, 6.45) is 4.55. The first kappa shape index (κ1) is 49.5. The number of likely N-dealkylation sites (N-methyl/N-ethyl adjacent to an activating group) is 1. The third kappa shape index (κ3) is 10.6. The summed E-state index contributed by atoms with van der Waals surface area (Å²) < 4.78 is 24.1. The van der Waals surface area contributed by atoms with Crippen molar-refractivity contribution in [3.63, 3.8) is 0 Å². The minimum Gasteiger partial charge on any atom is -0.460 e. The predicted molar refractivity (Wildman–Crippen MR) is 293 cm³/mol. The Bertz CT molecular complexity index is 3230. The highest BCUT2D eigenvalue weighted by Gasteiger charge is 2.23. The molecule has 362 valence electrons. The fourth-order valence-electron chi connectivity index (χ4n) is 10.1. The van der Waals surface area contributed by atoms with Gasteiger partial charge in [-0.25, -0.2) is 13.9 Å². The summed E-state index contributed by atoms with van der Waals surface area (Å²) in [5, 5.41) is 4.58. The number of benzene rings is 6. The molecule has 0 unspecified atom stereocenters. The van der Waals surface area contributed by atoms with Gasteiger partial charge in [-0.15, -0.1) is 0 Å². The Morgan fingerprint density at radius 2 is 1.01 bits per heavy atom. The summed E-state index contributed by atoms with van der Waals surface area (Å²) in [6.45, 7) is 28.1. The van der Waals surface area contributed by atoms with Gasteiger partial charge in [0, 0.05) is 107 Å². The number of fused-ring (bicyclic) bond motifs is 4. The van der Waals surface area contributed by atoms with Crippen LogP contribution in [-0.4, -0.2) is 64.9 Å². The van der Waals surface area contributed by atoms with Crippen LogP contribution in [0.2, 0.25) is 0 Å². The van der Waals surface area contributed by atoms with Crippen molar-refractivity contribution in [2.24, 2.45) is 0 Å². The molecule has 4 aliphatic rings. The summed E-state index contributed by atoms with van der Waals surface area (Å²) in [5.74, 6) is 1.42. The van der Waals surface area contributed by atoms with E-state index in [1.165, 1.54) is 49.8 Å². The maximum absolute atomic E-state index is 12.1. The SMILES string of the molecule is C=C(C)C(=O)OCCN(CC)c1ccc2c(-c3ccccc3C)c3ccc(=[N+](CC)CCCCCC[N+](CC)=c4ccc5c(-c6ccccc6C)c6ccc(N(CC)CC)cc6oc-5c4)cc-3oc2c1. The molecule has 4 aromatic rings. The molecule has 0 fully saturated rings. The maximum atomic E-state index is 12.1. The van der Waals surface area contributed by atoms with Gasteiger partial charge in [-0.05, 0) is 127 Å². The molecule has 4 aromatic carbocycles. The first-order chi connectivity index (χ1) is 34.1. The van der Waals surface area contributed by atoms with Crippen molar-refractivity contribution in [3.05, 3.63) is 155 Å². The third-order valence-corrected chi connectivity index (χ3v) is 14.1. The molecule has 0 spiro atoms. The van der Waals surface area contributed by atoms with E-state index < -0.39 is 0 Å². The van der Waals surface area contributed by atoms with E-state index in [2.05, 4.69) is 195 Å². The smallest absolute Gasteiger partial charge is 0.333 e. The zero-order chi connectivity index (χ0) is 49.3. The number of nitrogens with zero attached hydrogens (tertiary/aromatic N) is 4. The van der Waals surface area contributed by atoms with Gasteiger partial charge < -0.3 is 23.4 Å². The predicted octanol–water partition coefficient (Wildman–Crippen LogP) is 13.0. The number of rotatable bonds is 20. The van der Waals surface area contributed by atoms with Crippen LogP contribution in [0.4, 0.5) is 11.4 Å². The van der Waals surface area contributed by atoms with Crippen molar-refractivity contribution >= 4 is 39.3 Å². The van der Waals surface area contributed by atoms with Crippen LogP contribution in [0.5, 0.6) is 0 Å². The van der Waals surface area contributed by atoms with Crippen LogP contribution in [0, 0.1) is 13.8 Å². The van der Waals surface area contributed by atoms with Gasteiger partial charge in [0.25, 0.3) is 0 Å². The number of anilines is 2. The van der Waals surface area contributed by atoms with Crippen molar-refractivity contribution in [2.45, 2.75) is 81.1 Å². The second-order valence-electron chi connectivity index (χ2n) is 18.5. The van der Waals surface area contributed by atoms with Crippen molar-refractivity contribution < 1.29 is 18.4 Å². The van der Waals surface area contributed by atoms with Gasteiger partial charge in [-0.2, -0.15) is 0 Å². The molecule has 2 aliphatic heterocycles. The van der Waals surface area contributed by atoms with Gasteiger partial charge in [0.2, 0.25) is 10.7 Å². The van der Waals surface area contributed by atoms with E-state index in [1.54, 1.807) is 6.92 Å². The molecule has 0 N–H and O–H groups in total. The average molecular weight is 937 g/mol. The van der Waals surface area contributed by atoms with Gasteiger partial charge in [0.1, 0.15) is 55.5 Å². The Kier molecular flexibility index (Phi) is 16.0. The van der Waals surface area contributed by atoms with Gasteiger partial charge in [0.15, 0.2) is 0 Å². The molecule has 8 rings (SSSR count). The lowest BCUT2D eigenvalue weighted by molar-refractivity contribution is -0.138. The van der Waals surface area contributed by atoms with Gasteiger partial charge in [-0.1, -0.05) is 55.1 Å². The minimum atomic E-state index is -0.365. The molecule has 0 saturated carbocycles. The fraction of sp³-hybridized carbons (Fsp3) is 0.339. The lowest BCUT2D eigenvalue weighted by Gasteiger charge is -2.24. The van der Waals surface area contributed by atoms with E-state index in [0.717, 1.165) is 122 Å². The molecule has 2 heterocycles. The molecule has 8 heteroatoms. The van der Waals surface area contributed by atoms with Crippen LogP contribution in [0.3, 0.4) is 0 Å². The second-order valence-corrected chi connectivity index (χ2v) is 18.5. The Hall–Kier alpha value is -6.93. The van der Waals surface area contributed by atoms with E-state index >= 15 is 0 Å². The van der Waals surface area contributed by atoms with Gasteiger partial charge >= 0.3 is 5.97 Å². The second kappa shape index (κ2) is 22.7. The molecule has 0 saturated heterocycles. The average Bonchev–Trinajstić information content (AvgIpc) is 3.37. The van der Waals surface area contributed by atoms with E-state index in [0.29, 0.717) is 12.1 Å². The molecule has 0 aromatic heterocycles. The van der Waals surface area contributed by atoms with Crippen LogP contribution < -0.4 is 29.7 Å². The minimum absolute atomic E-state index is 0.281. The molecule has 0 amide bonds. The monoisotopic (exact) mass is 937 g/mol. The van der Waals surface area contributed by atoms with Gasteiger partial charge in [-0.3, -0.25) is 0 Å². The van der Waals surface area contributed by atoms with Crippen LogP contribution in [0.25, 0.3) is 66.8 Å². The lowest BCUT2D eigenvalue weighted by Crippen LogP contribution is -2.31. The van der Waals surface area contributed by atoms with Gasteiger partial charge in [0.05, 0.1) is 18.7 Å². The Balaban J connectivity index is 1.02. The largest absolute Gasteiger partial charge is 0.460 e. The molecule has 0 radical (unpaired) electrons. The quantitative estimate of drug-likeness (QED) is 0.0249. The molecule has 2 aliphatic carbocycles. The van der Waals surface area contributed by atoms with E-state index in [9.17, 15) is 4.79 Å². The summed E-state index contributed by atoms with van der Waals surface area (Å²) in [6, 6.07) is 44.0. The Morgan fingerprint density at radius 1 is 0.557 bits per heavy atom. The molecule has 70 heavy (non-hydrogen) atoms. The van der Waals surface area contributed by atoms with Crippen LogP contribution >= 0.6 is 0 Å². The number of aryl methyl sites for hydroxylation is 2. The van der Waals surface area contributed by atoms with E-state index in [4.69, 9.17) is 13.6 Å². The lowest BCUT2D eigenvalue weighted by atomic mass is 9.91. The van der Waals surface area contributed by atoms with Crippen molar-refractivity contribution in [1.82, 2.24) is 9.15 Å². The topological polar surface area (TPSA) is 65.1 Å². The zero-order valence-corrected chi connectivity index (χ0v) is 42.9. The fourth-order valence-corrected chi connectivity index (χ4v) is 10.1. The van der Waals surface area contributed by atoms with Crippen molar-refractivity contribution in [2.75, 3.05) is 68.8 Å². The standard InChI is InChI=1S/C62H72N4O4/c1-10-63(11-2)46-27-31-52-56(39-46)69-57-40-47(28-32-53(57)60(52)50-25-19-17-23-44(50)8)64(12-3)35-21-15-16-22-36-65(13-4)48-29-33-54-58(41-48)70-59-42-49(66(14-5)37-38-68-62(67)43(6)7)30-34-55(59)61(54)51-26-20-18-24-45(51)9/h17-20,23-34,39-42H,6,10-16,21-22,35-38H2,1-5,7-9H3/q+2. The molecule has 8 nitrogen and oxygen atoms in total. The maximum Gasteiger partial charge on any atom is 0.333 e. The van der Waals surface area contributed by atoms with Crippen molar-refractivity contribution in [1.29, 1.82) is 0 Å². The number of hydrogen-bond acceptors (Lipinski definition) is 6. The van der Waals surface area contributed by atoms with E-state index in [-0.39, 0.29) is 12.6 Å². The third-order valence-electron chi connectivity index (χ3n) is 14.1. The zero-order valence-electron chi connectivity index (χ0n) is 42.9. The number of carbonyl (C=O) groups is 1. The Labute approximate surface area is 415 Å².